The number of rotatable bonds is 4. The Bertz CT molecular complexity index is 1350. The van der Waals surface area contributed by atoms with Crippen LogP contribution in [0.1, 0.15) is 37.7 Å². The smallest absolute Gasteiger partial charge is 0.211 e. The molecular weight excluding hydrogens is 400 g/mol. The summed E-state index contributed by atoms with van der Waals surface area (Å²) in [5, 5.41) is 32.0. The van der Waals surface area contributed by atoms with E-state index in [1.807, 2.05) is 53.3 Å². The number of fused-ring (bicyclic) bond motifs is 1. The molecule has 8 heteroatoms. The summed E-state index contributed by atoms with van der Waals surface area (Å²) in [5.41, 5.74) is 4.82. The van der Waals surface area contributed by atoms with Gasteiger partial charge in [-0.15, -0.1) is 0 Å². The van der Waals surface area contributed by atoms with Crippen LogP contribution >= 0.6 is 0 Å². The third kappa shape index (κ3) is 3.61. The molecule has 0 radical (unpaired) electrons. The number of allylic oxidation sites excluding steroid dienone is 1. The summed E-state index contributed by atoms with van der Waals surface area (Å²) < 4.78 is 5.49. The molecule has 1 fully saturated rings. The first-order valence-electron chi connectivity index (χ1n) is 10.7. The zero-order chi connectivity index (χ0) is 22.1. The van der Waals surface area contributed by atoms with Gasteiger partial charge in [0.2, 0.25) is 6.20 Å². The Morgan fingerprint density at radius 3 is 2.78 bits per heavy atom. The average molecular weight is 424 g/mol. The van der Waals surface area contributed by atoms with Crippen LogP contribution in [-0.4, -0.2) is 36.5 Å². The monoisotopic (exact) mass is 423 g/mol. The average Bonchev–Trinajstić information content (AvgIpc) is 3.55. The van der Waals surface area contributed by atoms with E-state index in [1.54, 1.807) is 10.9 Å². The molecule has 0 spiro atoms. The number of aryl methyl sites for hydroxylation is 1. The van der Waals surface area contributed by atoms with Crippen molar-refractivity contribution < 1.29 is 4.68 Å². The number of nitriles is 2. The third-order valence-electron chi connectivity index (χ3n) is 6.46. The van der Waals surface area contributed by atoms with Crippen molar-refractivity contribution in [2.24, 2.45) is 23.5 Å². The molecule has 1 saturated carbocycles. The van der Waals surface area contributed by atoms with E-state index in [4.69, 9.17) is 0 Å². The largest absolute Gasteiger partial charge is 0.275 e. The molecule has 0 atom stereocenters. The van der Waals surface area contributed by atoms with Gasteiger partial charge in [0.25, 0.3) is 0 Å². The summed E-state index contributed by atoms with van der Waals surface area (Å²) in [7, 11) is 1.90. The lowest BCUT2D eigenvalue weighted by molar-refractivity contribution is -0.456. The molecule has 5 rings (SSSR count). The SMILES string of the molecule is Cn1cc(-c2cc(C3=C/[N+](=C/[C@]4(CC#N)CC[C@H](C#N)CC4)N=C3)c3ccnn3c2)cn1. The molecule has 3 aromatic heterocycles. The predicted molar refractivity (Wildman–Crippen MR) is 120 cm³/mol. The van der Waals surface area contributed by atoms with E-state index in [0.29, 0.717) is 6.42 Å². The summed E-state index contributed by atoms with van der Waals surface area (Å²) >= 11 is 0. The van der Waals surface area contributed by atoms with Crippen LogP contribution in [-0.2, 0) is 7.05 Å². The Kier molecular flexibility index (Phi) is 4.91. The van der Waals surface area contributed by atoms with E-state index in [2.05, 4.69) is 39.7 Å². The van der Waals surface area contributed by atoms with Gasteiger partial charge in [0, 0.05) is 48.2 Å². The van der Waals surface area contributed by atoms with E-state index in [0.717, 1.165) is 53.5 Å². The Morgan fingerprint density at radius 1 is 1.22 bits per heavy atom. The second-order valence-corrected chi connectivity index (χ2v) is 8.64. The van der Waals surface area contributed by atoms with Gasteiger partial charge in [-0.2, -0.15) is 20.7 Å². The van der Waals surface area contributed by atoms with Gasteiger partial charge < -0.3 is 0 Å². The minimum absolute atomic E-state index is 0.0914. The van der Waals surface area contributed by atoms with Gasteiger partial charge in [0.15, 0.2) is 6.21 Å². The van der Waals surface area contributed by atoms with Crippen molar-refractivity contribution >= 4 is 23.5 Å². The van der Waals surface area contributed by atoms with Gasteiger partial charge >= 0.3 is 0 Å². The molecule has 0 saturated heterocycles. The maximum atomic E-state index is 9.42. The maximum absolute atomic E-state index is 9.42. The Labute approximate surface area is 186 Å². The second kappa shape index (κ2) is 7.90. The van der Waals surface area contributed by atoms with E-state index >= 15 is 0 Å². The highest BCUT2D eigenvalue weighted by Crippen LogP contribution is 2.40. The Morgan fingerprint density at radius 2 is 2.06 bits per heavy atom. The fourth-order valence-electron chi connectivity index (χ4n) is 4.65. The van der Waals surface area contributed by atoms with Crippen molar-refractivity contribution in [1.82, 2.24) is 19.4 Å². The lowest BCUT2D eigenvalue weighted by Gasteiger charge is -2.31. The highest BCUT2D eigenvalue weighted by atomic mass is 15.4. The van der Waals surface area contributed by atoms with Gasteiger partial charge in [-0.05, 0) is 42.9 Å². The van der Waals surface area contributed by atoms with Crippen LogP contribution in [0.5, 0.6) is 0 Å². The lowest BCUT2D eigenvalue weighted by atomic mass is 9.70. The fraction of sp³-hybridized carbons (Fsp3) is 0.333. The number of nitrogens with zero attached hydrogens (tertiary/aromatic N) is 8. The fourth-order valence-corrected chi connectivity index (χ4v) is 4.65. The van der Waals surface area contributed by atoms with E-state index in [9.17, 15) is 10.5 Å². The Balaban J connectivity index is 1.52. The van der Waals surface area contributed by atoms with Crippen LogP contribution in [0.3, 0.4) is 0 Å². The molecule has 2 aliphatic rings. The molecule has 4 heterocycles. The van der Waals surface area contributed by atoms with Crippen LogP contribution in [0, 0.1) is 34.0 Å². The summed E-state index contributed by atoms with van der Waals surface area (Å²) in [5.74, 6) is 0.0914. The molecule has 3 aromatic rings. The topological polar surface area (TPSA) is 98.1 Å². The molecule has 158 valence electrons. The van der Waals surface area contributed by atoms with Gasteiger partial charge in [-0.25, -0.2) is 4.52 Å². The first-order chi connectivity index (χ1) is 15.6. The molecular formula is C24H23N8+. The number of hydrazone groups is 1. The maximum Gasteiger partial charge on any atom is 0.211 e. The van der Waals surface area contributed by atoms with Crippen molar-refractivity contribution in [3.05, 3.63) is 48.7 Å². The van der Waals surface area contributed by atoms with Crippen LogP contribution in [0.15, 0.2) is 48.2 Å². The number of pyridine rings is 1. The summed E-state index contributed by atoms with van der Waals surface area (Å²) in [6.07, 6.45) is 17.3. The summed E-state index contributed by atoms with van der Waals surface area (Å²) in [6.45, 7) is 0. The molecule has 0 amide bonds. The molecule has 32 heavy (non-hydrogen) atoms. The molecule has 8 nitrogen and oxygen atoms in total. The second-order valence-electron chi connectivity index (χ2n) is 8.64. The highest BCUT2D eigenvalue weighted by molar-refractivity contribution is 6.13. The van der Waals surface area contributed by atoms with E-state index < -0.39 is 0 Å². The Hall–Kier alpha value is -4.04. The molecule has 1 aliphatic heterocycles. The van der Waals surface area contributed by atoms with E-state index in [-0.39, 0.29) is 11.3 Å². The molecule has 0 unspecified atom stereocenters. The van der Waals surface area contributed by atoms with Crippen molar-refractivity contribution in [1.29, 1.82) is 10.5 Å². The third-order valence-corrected chi connectivity index (χ3v) is 6.46. The molecule has 1 aliphatic carbocycles. The minimum atomic E-state index is -0.241. The van der Waals surface area contributed by atoms with Crippen molar-refractivity contribution in [2.75, 3.05) is 0 Å². The van der Waals surface area contributed by atoms with Gasteiger partial charge in [0.05, 0.1) is 41.3 Å². The van der Waals surface area contributed by atoms with E-state index in [1.165, 1.54) is 0 Å². The molecule has 0 bridgehead atoms. The normalized spacial score (nSPS) is 23.9. The predicted octanol–water partition coefficient (Wildman–Crippen LogP) is 3.77. The number of hydrogen-bond acceptors (Lipinski definition) is 5. The quantitative estimate of drug-likeness (QED) is 0.597. The van der Waals surface area contributed by atoms with Crippen LogP contribution in [0.2, 0.25) is 0 Å². The zero-order valence-corrected chi connectivity index (χ0v) is 17.9. The van der Waals surface area contributed by atoms with Crippen LogP contribution < -0.4 is 0 Å². The van der Waals surface area contributed by atoms with Crippen LogP contribution in [0.25, 0.3) is 22.2 Å². The zero-order valence-electron chi connectivity index (χ0n) is 17.9. The summed E-state index contributed by atoms with van der Waals surface area (Å²) in [4.78, 5) is 0. The minimum Gasteiger partial charge on any atom is -0.275 e. The summed E-state index contributed by atoms with van der Waals surface area (Å²) in [6, 6.07) is 8.85. The van der Waals surface area contributed by atoms with Crippen LogP contribution in [0.4, 0.5) is 0 Å². The van der Waals surface area contributed by atoms with Gasteiger partial charge in [0.1, 0.15) is 6.21 Å². The lowest BCUT2D eigenvalue weighted by Crippen LogP contribution is -2.30. The highest BCUT2D eigenvalue weighted by Gasteiger charge is 2.38. The molecule has 0 aromatic carbocycles. The first-order valence-corrected chi connectivity index (χ1v) is 10.7. The van der Waals surface area contributed by atoms with Crippen molar-refractivity contribution in [3.8, 4) is 23.3 Å². The van der Waals surface area contributed by atoms with Gasteiger partial charge in [-0.1, -0.05) is 4.68 Å². The van der Waals surface area contributed by atoms with Crippen molar-refractivity contribution in [3.63, 3.8) is 0 Å². The standard InChI is InChI=1S/C24H23N8/c1-30-14-20(12-28-30)19-10-22(23-4-9-27-32(23)16-19)21-13-29-31(15-21)17-24(7-8-25)5-2-18(11-26)3-6-24/h4,9-10,12-18H,2-3,5-7H2,1H3/q+1/b31-17-/t18-,24+. The first kappa shape index (κ1) is 19.9. The number of hydrogen-bond donors (Lipinski definition) is 0. The molecule has 0 N–H and O–H groups in total. The van der Waals surface area contributed by atoms with Crippen molar-refractivity contribution in [2.45, 2.75) is 32.1 Å². The number of aromatic nitrogens is 4. The van der Waals surface area contributed by atoms with Gasteiger partial charge in [-0.3, -0.25) is 4.68 Å².